The maximum Gasteiger partial charge on any atom is 0.146 e. The molecule has 6 heteroatoms. The molecule has 0 saturated heterocycles. The number of halogens is 1. The first kappa shape index (κ1) is 18.1. The van der Waals surface area contributed by atoms with Crippen molar-refractivity contribution < 1.29 is 9.13 Å². The van der Waals surface area contributed by atoms with Crippen molar-refractivity contribution in [3.05, 3.63) is 89.0 Å². The second-order valence-corrected chi connectivity index (χ2v) is 6.71. The van der Waals surface area contributed by atoms with E-state index in [1.54, 1.807) is 12.4 Å². The molecule has 4 rings (SSSR count). The molecule has 0 radical (unpaired) electrons. The molecule has 28 heavy (non-hydrogen) atoms. The standard InChI is InChI=1S/C22H21FN4O/c1-15-13-17(8-11-25-15)22(19-7-3-10-26-20(19)21(24)27-22)16-5-2-6-18(14-16)28-12-4-9-23/h2-3,5-8,10-11,13-14H,4,9,12H2,1H3,(H2,24,27). The van der Waals surface area contributed by atoms with E-state index in [9.17, 15) is 4.39 Å². The van der Waals surface area contributed by atoms with Crippen LogP contribution in [0.4, 0.5) is 4.39 Å². The Labute approximate surface area is 163 Å². The van der Waals surface area contributed by atoms with Crippen LogP contribution in [0.3, 0.4) is 0 Å². The highest BCUT2D eigenvalue weighted by atomic mass is 19.1. The summed E-state index contributed by atoms with van der Waals surface area (Å²) < 4.78 is 18.1. The quantitative estimate of drug-likeness (QED) is 0.668. The van der Waals surface area contributed by atoms with Crippen LogP contribution in [0.1, 0.15) is 34.5 Å². The monoisotopic (exact) mass is 376 g/mol. The Balaban J connectivity index is 1.91. The van der Waals surface area contributed by atoms with E-state index in [1.807, 2.05) is 55.5 Å². The molecule has 0 fully saturated rings. The molecule has 0 bridgehead atoms. The van der Waals surface area contributed by atoms with Crippen LogP contribution >= 0.6 is 0 Å². The highest BCUT2D eigenvalue weighted by molar-refractivity contribution is 6.01. The summed E-state index contributed by atoms with van der Waals surface area (Å²) in [5.74, 6) is 1.07. The number of benzene rings is 1. The van der Waals surface area contributed by atoms with Crippen molar-refractivity contribution in [2.75, 3.05) is 13.3 Å². The number of hydrogen-bond acceptors (Lipinski definition) is 5. The molecule has 0 aliphatic carbocycles. The molecular weight excluding hydrogens is 355 g/mol. The summed E-state index contributed by atoms with van der Waals surface area (Å²) in [7, 11) is 0. The Morgan fingerprint density at radius 1 is 1.04 bits per heavy atom. The number of hydrogen-bond donors (Lipinski definition) is 1. The lowest BCUT2D eigenvalue weighted by Gasteiger charge is -2.29. The van der Waals surface area contributed by atoms with Gasteiger partial charge in [0.1, 0.15) is 22.8 Å². The minimum absolute atomic E-state index is 0.324. The van der Waals surface area contributed by atoms with Gasteiger partial charge in [0.2, 0.25) is 0 Å². The second-order valence-electron chi connectivity index (χ2n) is 6.71. The summed E-state index contributed by atoms with van der Waals surface area (Å²) in [4.78, 5) is 13.7. The number of aliphatic imine (C=N–C) groups is 1. The molecule has 0 saturated carbocycles. The minimum Gasteiger partial charge on any atom is -0.493 e. The molecule has 5 nitrogen and oxygen atoms in total. The number of ether oxygens (including phenoxy) is 1. The van der Waals surface area contributed by atoms with Gasteiger partial charge in [0, 0.05) is 30.1 Å². The van der Waals surface area contributed by atoms with Gasteiger partial charge in [-0.2, -0.15) is 0 Å². The number of fused-ring (bicyclic) bond motifs is 1. The highest BCUT2D eigenvalue weighted by Gasteiger charge is 2.43. The maximum atomic E-state index is 12.4. The zero-order valence-corrected chi connectivity index (χ0v) is 15.6. The van der Waals surface area contributed by atoms with Gasteiger partial charge in [0.15, 0.2) is 0 Å². The number of pyridine rings is 2. The molecular formula is C22H21FN4O. The van der Waals surface area contributed by atoms with Crippen molar-refractivity contribution in [1.82, 2.24) is 9.97 Å². The van der Waals surface area contributed by atoms with Crippen LogP contribution in [0, 0.1) is 6.92 Å². The fourth-order valence-electron chi connectivity index (χ4n) is 3.63. The molecule has 0 amide bonds. The number of amidine groups is 1. The first-order chi connectivity index (χ1) is 13.6. The minimum atomic E-state index is -0.833. The van der Waals surface area contributed by atoms with Crippen molar-refractivity contribution >= 4 is 5.84 Å². The number of nitrogens with zero attached hydrogens (tertiary/aromatic N) is 3. The largest absolute Gasteiger partial charge is 0.493 e. The summed E-state index contributed by atoms with van der Waals surface area (Å²) in [5, 5.41) is 0. The van der Waals surface area contributed by atoms with Gasteiger partial charge >= 0.3 is 0 Å². The van der Waals surface area contributed by atoms with Crippen LogP contribution in [0.15, 0.2) is 65.9 Å². The van der Waals surface area contributed by atoms with Gasteiger partial charge in [-0.3, -0.25) is 14.4 Å². The first-order valence-electron chi connectivity index (χ1n) is 9.19. The Morgan fingerprint density at radius 2 is 1.89 bits per heavy atom. The van der Waals surface area contributed by atoms with E-state index in [2.05, 4.69) is 9.97 Å². The predicted molar refractivity (Wildman–Crippen MR) is 106 cm³/mol. The number of alkyl halides is 1. The van der Waals surface area contributed by atoms with E-state index < -0.39 is 12.2 Å². The Bertz CT molecular complexity index is 1040. The Hall–Kier alpha value is -3.28. The summed E-state index contributed by atoms with van der Waals surface area (Å²) in [6.07, 6.45) is 3.84. The molecule has 2 N–H and O–H groups in total. The molecule has 1 aromatic carbocycles. The van der Waals surface area contributed by atoms with Crippen LogP contribution in [-0.2, 0) is 5.54 Å². The van der Waals surface area contributed by atoms with Gasteiger partial charge in [-0.05, 0) is 48.4 Å². The molecule has 3 heterocycles. The Kier molecular flexibility index (Phi) is 4.77. The lowest BCUT2D eigenvalue weighted by atomic mass is 9.78. The zero-order valence-electron chi connectivity index (χ0n) is 15.6. The van der Waals surface area contributed by atoms with E-state index in [4.69, 9.17) is 15.5 Å². The molecule has 0 spiro atoms. The smallest absolute Gasteiger partial charge is 0.146 e. The first-order valence-corrected chi connectivity index (χ1v) is 9.19. The van der Waals surface area contributed by atoms with Gasteiger partial charge in [0.05, 0.1) is 13.3 Å². The average molecular weight is 376 g/mol. The number of nitrogens with two attached hydrogens (primary N) is 1. The van der Waals surface area contributed by atoms with Crippen LogP contribution in [0.5, 0.6) is 5.75 Å². The van der Waals surface area contributed by atoms with E-state index in [-0.39, 0.29) is 0 Å². The molecule has 142 valence electrons. The van der Waals surface area contributed by atoms with Gasteiger partial charge in [-0.15, -0.1) is 0 Å². The molecule has 2 aromatic heterocycles. The molecule has 1 aliphatic rings. The molecule has 1 aliphatic heterocycles. The van der Waals surface area contributed by atoms with E-state index in [0.29, 0.717) is 30.3 Å². The third-order valence-corrected chi connectivity index (χ3v) is 4.84. The normalized spacial score (nSPS) is 17.9. The lowest BCUT2D eigenvalue weighted by molar-refractivity contribution is 0.289. The van der Waals surface area contributed by atoms with Crippen LogP contribution < -0.4 is 10.5 Å². The van der Waals surface area contributed by atoms with Crippen LogP contribution in [0.25, 0.3) is 0 Å². The summed E-state index contributed by atoms with van der Waals surface area (Å²) in [6, 6.07) is 15.5. The fourth-order valence-corrected chi connectivity index (χ4v) is 3.63. The molecule has 1 unspecified atom stereocenters. The van der Waals surface area contributed by atoms with Crippen molar-refractivity contribution in [2.24, 2.45) is 10.7 Å². The second kappa shape index (κ2) is 7.38. The van der Waals surface area contributed by atoms with Gasteiger partial charge in [-0.1, -0.05) is 18.2 Å². The van der Waals surface area contributed by atoms with Gasteiger partial charge < -0.3 is 10.5 Å². The summed E-state index contributed by atoms with van der Waals surface area (Å²) in [6.45, 7) is 1.87. The van der Waals surface area contributed by atoms with Crippen LogP contribution in [0.2, 0.25) is 0 Å². The third-order valence-electron chi connectivity index (χ3n) is 4.84. The number of aryl methyl sites for hydroxylation is 1. The number of rotatable bonds is 6. The van der Waals surface area contributed by atoms with Crippen molar-refractivity contribution in [1.29, 1.82) is 0 Å². The van der Waals surface area contributed by atoms with Gasteiger partial charge in [-0.25, -0.2) is 4.99 Å². The average Bonchev–Trinajstić information content (AvgIpc) is 3.02. The van der Waals surface area contributed by atoms with Crippen LogP contribution in [-0.4, -0.2) is 29.1 Å². The number of aromatic nitrogens is 2. The van der Waals surface area contributed by atoms with Crippen molar-refractivity contribution in [3.63, 3.8) is 0 Å². The topological polar surface area (TPSA) is 73.4 Å². The van der Waals surface area contributed by atoms with Gasteiger partial charge in [0.25, 0.3) is 0 Å². The van der Waals surface area contributed by atoms with E-state index in [0.717, 1.165) is 22.4 Å². The van der Waals surface area contributed by atoms with E-state index >= 15 is 0 Å². The maximum absolute atomic E-state index is 12.4. The van der Waals surface area contributed by atoms with Crippen molar-refractivity contribution in [2.45, 2.75) is 18.9 Å². The Morgan fingerprint density at radius 3 is 2.71 bits per heavy atom. The molecule has 3 aromatic rings. The zero-order chi connectivity index (χ0) is 19.6. The van der Waals surface area contributed by atoms with Crippen molar-refractivity contribution in [3.8, 4) is 5.75 Å². The highest BCUT2D eigenvalue weighted by Crippen LogP contribution is 2.45. The lowest BCUT2D eigenvalue weighted by Crippen LogP contribution is -2.26. The summed E-state index contributed by atoms with van der Waals surface area (Å²) in [5.41, 5.74) is 9.78. The summed E-state index contributed by atoms with van der Waals surface area (Å²) >= 11 is 0. The third kappa shape index (κ3) is 3.01. The SMILES string of the molecule is Cc1cc(C2(c3cccc(OCCCF)c3)N=C(N)c3ncccc32)ccn1. The van der Waals surface area contributed by atoms with E-state index in [1.165, 1.54) is 0 Å². The predicted octanol–water partition coefficient (Wildman–Crippen LogP) is 3.53. The fraction of sp³-hybridized carbons (Fsp3) is 0.227. The molecule has 1 atom stereocenters.